The maximum atomic E-state index is 12.0. The minimum atomic E-state index is -3.57. The van der Waals surface area contributed by atoms with Crippen molar-refractivity contribution in [3.63, 3.8) is 0 Å². The molecule has 0 aromatic heterocycles. The molecule has 1 unspecified atom stereocenters. The maximum absolute atomic E-state index is 12.0. The molecule has 0 radical (unpaired) electrons. The smallest absolute Gasteiger partial charge is 0.262 e. The van der Waals surface area contributed by atoms with E-state index in [1.165, 1.54) is 6.07 Å². The van der Waals surface area contributed by atoms with Gasteiger partial charge >= 0.3 is 0 Å². The van der Waals surface area contributed by atoms with Crippen molar-refractivity contribution < 1.29 is 27.4 Å². The quantitative estimate of drug-likeness (QED) is 0.140. The molecule has 216 valence electrons. The third kappa shape index (κ3) is 10.1. The van der Waals surface area contributed by atoms with Gasteiger partial charge in [0.1, 0.15) is 17.2 Å². The van der Waals surface area contributed by atoms with E-state index in [9.17, 15) is 13.2 Å². The summed E-state index contributed by atoms with van der Waals surface area (Å²) in [6.45, 7) is 0. The van der Waals surface area contributed by atoms with Crippen molar-refractivity contribution in [3.05, 3.63) is 80.9 Å². The molecule has 0 aliphatic heterocycles. The summed E-state index contributed by atoms with van der Waals surface area (Å²) in [4.78, 5) is 12.2. The van der Waals surface area contributed by atoms with Crippen LogP contribution in [-0.2, 0) is 32.1 Å². The number of rotatable bonds is 12. The number of aryl methyl sites for hydroxylation is 1. The van der Waals surface area contributed by atoms with Crippen LogP contribution in [0.5, 0.6) is 17.2 Å². The first-order valence-electron chi connectivity index (χ1n) is 11.9. The summed E-state index contributed by atoms with van der Waals surface area (Å²) in [5.41, 5.74) is 2.99. The normalized spacial score (nSPS) is 11.7. The Labute approximate surface area is 260 Å². The Kier molecular flexibility index (Phi) is 14.6. The minimum absolute atomic E-state index is 0.0258. The summed E-state index contributed by atoms with van der Waals surface area (Å²) < 4.78 is 38.7. The van der Waals surface area contributed by atoms with Gasteiger partial charge in [-0.1, -0.05) is 36.1 Å². The molecule has 0 saturated carbocycles. The summed E-state index contributed by atoms with van der Waals surface area (Å²) in [7, 11) is 9.10. The highest BCUT2D eigenvalue weighted by Gasteiger charge is 2.20. The van der Waals surface area contributed by atoms with Crippen LogP contribution in [-0.4, -0.2) is 49.0 Å². The number of halogens is 2. The van der Waals surface area contributed by atoms with Gasteiger partial charge < -0.3 is 24.8 Å². The van der Waals surface area contributed by atoms with Crippen molar-refractivity contribution in [2.24, 2.45) is 0 Å². The average Bonchev–Trinajstić information content (AvgIpc) is 2.95. The van der Waals surface area contributed by atoms with Gasteiger partial charge in [-0.3, -0.25) is 4.79 Å². The maximum Gasteiger partial charge on any atom is 0.262 e. The highest BCUT2D eigenvalue weighted by Crippen LogP contribution is 2.36. The number of carbonyl (C=O) groups excluding carboxylic acids is 1. The molecule has 0 spiro atoms. The lowest BCUT2D eigenvalue weighted by Gasteiger charge is -2.22. The first-order valence-corrected chi connectivity index (χ1v) is 17.4. The highest BCUT2D eigenvalue weighted by atomic mass is 127. The Hall–Kier alpha value is -2.02. The number of nitrogens with one attached hydrogen (secondary N) is 2. The van der Waals surface area contributed by atoms with Gasteiger partial charge in [-0.05, 0) is 84.9 Å². The van der Waals surface area contributed by atoms with Gasteiger partial charge in [-0.15, -0.1) is 0 Å². The van der Waals surface area contributed by atoms with Gasteiger partial charge in [-0.2, -0.15) is 0 Å². The topological polar surface area (TPSA) is 103 Å². The molecule has 40 heavy (non-hydrogen) atoms. The highest BCUT2D eigenvalue weighted by molar-refractivity contribution is 14.1. The van der Waals surface area contributed by atoms with Gasteiger partial charge in [0.2, 0.25) is 5.91 Å². The van der Waals surface area contributed by atoms with Crippen LogP contribution in [0.15, 0.2) is 65.6 Å². The molecule has 2 N–H and O–H groups in total. The number of ether oxygens (including phenoxy) is 3. The van der Waals surface area contributed by atoms with Crippen LogP contribution in [0.2, 0.25) is 0 Å². The van der Waals surface area contributed by atoms with Crippen LogP contribution in [0.25, 0.3) is 0 Å². The predicted octanol–water partition coefficient (Wildman–Crippen LogP) is 5.65. The molecular weight excluding hydrogens is 706 g/mol. The Morgan fingerprint density at radius 3 is 2.17 bits per heavy atom. The lowest BCUT2D eigenvalue weighted by molar-refractivity contribution is -0.120. The largest absolute Gasteiger partial charge is 0.497 e. The van der Waals surface area contributed by atoms with Crippen LogP contribution in [0, 0.1) is 3.57 Å². The number of hydrogen-bond acceptors (Lipinski definition) is 8. The van der Waals surface area contributed by atoms with Crippen molar-refractivity contribution >= 4 is 67.4 Å². The summed E-state index contributed by atoms with van der Waals surface area (Å²) in [5.74, 6) is 2.19. The predicted molar refractivity (Wildman–Crippen MR) is 171 cm³/mol. The summed E-state index contributed by atoms with van der Waals surface area (Å²) in [6, 6.07) is 18.3. The van der Waals surface area contributed by atoms with Crippen LogP contribution in [0.4, 0.5) is 0 Å². The average molecular weight is 737 g/mol. The van der Waals surface area contributed by atoms with Gasteiger partial charge in [0.25, 0.3) is 9.05 Å². The van der Waals surface area contributed by atoms with E-state index in [-0.39, 0.29) is 16.8 Å². The summed E-state index contributed by atoms with van der Waals surface area (Å²) >= 11 is 6.77. The second-order valence-corrected chi connectivity index (χ2v) is 13.2. The van der Waals surface area contributed by atoms with E-state index in [0.29, 0.717) is 28.4 Å². The van der Waals surface area contributed by atoms with Crippen LogP contribution >= 0.6 is 40.6 Å². The van der Waals surface area contributed by atoms with E-state index < -0.39 is 9.05 Å². The SMILES string of the molecule is CNC(c1ccc(OC)cc1)c1cc(CCC(=O)NCP=S)c(OC)cc1OC.O=S(=O)(Cl)c1ccccc1I. The van der Waals surface area contributed by atoms with E-state index >= 15 is 0 Å². The van der Waals surface area contributed by atoms with Gasteiger partial charge in [0.15, 0.2) is 0 Å². The van der Waals surface area contributed by atoms with Crippen molar-refractivity contribution in [1.29, 1.82) is 0 Å². The molecular formula is C27H31ClIN2O6PS2. The molecule has 13 heteroatoms. The van der Waals surface area contributed by atoms with E-state index in [1.54, 1.807) is 39.5 Å². The van der Waals surface area contributed by atoms with Gasteiger partial charge in [0.05, 0.1) is 38.6 Å². The van der Waals surface area contributed by atoms with Crippen molar-refractivity contribution in [1.82, 2.24) is 10.6 Å². The molecule has 0 aliphatic rings. The molecule has 1 amide bonds. The fourth-order valence-electron chi connectivity index (χ4n) is 3.81. The monoisotopic (exact) mass is 736 g/mol. The lowest BCUT2D eigenvalue weighted by Crippen LogP contribution is -2.22. The van der Waals surface area contributed by atoms with Crippen LogP contribution < -0.4 is 24.8 Å². The lowest BCUT2D eigenvalue weighted by atomic mass is 9.94. The second kappa shape index (κ2) is 17.1. The van der Waals surface area contributed by atoms with Crippen molar-refractivity contribution in [2.75, 3.05) is 34.7 Å². The number of amides is 1. The Balaban J connectivity index is 0.000000425. The molecule has 0 fully saturated rings. The van der Waals surface area contributed by atoms with Gasteiger partial charge in [0, 0.05) is 32.3 Å². The van der Waals surface area contributed by atoms with E-state index in [1.807, 2.05) is 66.0 Å². The zero-order chi connectivity index (χ0) is 29.7. The van der Waals surface area contributed by atoms with Crippen LogP contribution in [0.3, 0.4) is 0 Å². The van der Waals surface area contributed by atoms with E-state index in [2.05, 4.69) is 10.6 Å². The fourth-order valence-corrected chi connectivity index (χ4v) is 6.84. The molecule has 0 bridgehead atoms. The molecule has 0 saturated heterocycles. The number of hydrogen-bond donors (Lipinski definition) is 2. The molecule has 0 aliphatic carbocycles. The number of benzene rings is 3. The van der Waals surface area contributed by atoms with E-state index in [4.69, 9.17) is 36.7 Å². The summed E-state index contributed by atoms with van der Waals surface area (Å²) in [6.07, 6.45) is 1.40. The number of carbonyl (C=O) groups is 1. The molecule has 3 aromatic rings. The Morgan fingerprint density at radius 1 is 1.02 bits per heavy atom. The zero-order valence-corrected chi connectivity index (χ0v) is 27.9. The summed E-state index contributed by atoms with van der Waals surface area (Å²) in [5, 5.41) is 6.15. The van der Waals surface area contributed by atoms with Crippen molar-refractivity contribution in [2.45, 2.75) is 23.8 Å². The molecule has 3 aromatic carbocycles. The molecule has 3 rings (SSSR count). The third-order valence-electron chi connectivity index (χ3n) is 5.74. The van der Waals surface area contributed by atoms with Crippen molar-refractivity contribution in [3.8, 4) is 17.2 Å². The van der Waals surface area contributed by atoms with E-state index in [0.717, 1.165) is 35.5 Å². The molecule has 8 nitrogen and oxygen atoms in total. The minimum Gasteiger partial charge on any atom is -0.497 e. The standard InChI is InChI=1S/C21H27N2O4PS.C6H4ClIO2S/c1-22-21(14-5-8-16(25-2)9-6-14)17-11-15(7-10-20(24)23-13-28-29)18(26-3)12-19(17)27-4;7-11(9,10)6-4-2-1-3-5(6)8/h5-6,8-9,11-12,21-22H,7,10,13H2,1-4H3,(H,23,24);1-4H. The first kappa shape index (κ1) is 34.2. The Bertz CT molecular complexity index is 1390. The molecule has 1 atom stereocenters. The molecule has 0 heterocycles. The Morgan fingerprint density at radius 2 is 1.68 bits per heavy atom. The zero-order valence-electron chi connectivity index (χ0n) is 22.4. The van der Waals surface area contributed by atoms with Gasteiger partial charge in [-0.25, -0.2) is 8.42 Å². The van der Waals surface area contributed by atoms with Crippen LogP contribution in [0.1, 0.15) is 29.2 Å². The second-order valence-electron chi connectivity index (χ2n) is 8.16. The third-order valence-corrected chi connectivity index (χ3v) is 9.10. The number of methoxy groups -OCH3 is 3. The fraction of sp³-hybridized carbons (Fsp3) is 0.296. The first-order chi connectivity index (χ1) is 19.1.